The Morgan fingerprint density at radius 1 is 0.900 bits per heavy atom. The molecule has 2 aromatic carbocycles. The van der Waals surface area contributed by atoms with Crippen LogP contribution in [0.25, 0.3) is 0 Å². The quantitative estimate of drug-likeness (QED) is 0.865. The van der Waals surface area contributed by atoms with Crippen molar-refractivity contribution >= 4 is 23.2 Å². The zero-order valence-corrected chi connectivity index (χ0v) is 12.5. The molecule has 4 heteroatoms. The molecule has 0 radical (unpaired) electrons. The highest BCUT2D eigenvalue weighted by Crippen LogP contribution is 2.24. The molecular weight excluding hydrogens is 296 g/mol. The number of hydrogen-bond acceptors (Lipinski definition) is 1. The van der Waals surface area contributed by atoms with Gasteiger partial charge in [0.1, 0.15) is 5.82 Å². The lowest BCUT2D eigenvalue weighted by Gasteiger charge is -2.16. The van der Waals surface area contributed by atoms with Crippen molar-refractivity contribution in [3.63, 3.8) is 0 Å². The Kier molecular flexibility index (Phi) is 5.41. The molecule has 0 aromatic heterocycles. The summed E-state index contributed by atoms with van der Waals surface area (Å²) in [5, 5.41) is 0.869. The first-order chi connectivity index (χ1) is 9.61. The molecule has 106 valence electrons. The molecule has 0 bridgehead atoms. The third kappa shape index (κ3) is 3.72. The lowest BCUT2D eigenvalue weighted by atomic mass is 9.92. The molecule has 2 aromatic rings. The van der Waals surface area contributed by atoms with Crippen LogP contribution in [0.5, 0.6) is 0 Å². The third-order valence-corrected chi connectivity index (χ3v) is 4.00. The molecule has 0 heterocycles. The first kappa shape index (κ1) is 15.3. The van der Waals surface area contributed by atoms with E-state index in [-0.39, 0.29) is 16.8 Å². The van der Waals surface area contributed by atoms with E-state index in [2.05, 4.69) is 0 Å². The highest BCUT2D eigenvalue weighted by Gasteiger charge is 2.14. The topological polar surface area (TPSA) is 26.0 Å². The van der Waals surface area contributed by atoms with E-state index in [4.69, 9.17) is 28.9 Å². The normalized spacial score (nSPS) is 12.4. The first-order valence-corrected chi connectivity index (χ1v) is 7.23. The van der Waals surface area contributed by atoms with Crippen LogP contribution in [-0.2, 0) is 12.8 Å². The van der Waals surface area contributed by atoms with Crippen molar-refractivity contribution in [1.82, 2.24) is 0 Å². The summed E-state index contributed by atoms with van der Waals surface area (Å²) >= 11 is 11.9. The smallest absolute Gasteiger partial charge is 0.144 e. The number of benzene rings is 2. The molecule has 0 aliphatic carbocycles. The summed E-state index contributed by atoms with van der Waals surface area (Å²) in [6.45, 7) is 0.469. The molecular formula is C16H16Cl2FN. The summed E-state index contributed by atoms with van der Waals surface area (Å²) < 4.78 is 13.9. The largest absolute Gasteiger partial charge is 0.330 e. The fraction of sp³-hybridized carbons (Fsp3) is 0.250. The molecule has 0 fully saturated rings. The number of halogens is 3. The van der Waals surface area contributed by atoms with Gasteiger partial charge >= 0.3 is 0 Å². The van der Waals surface area contributed by atoms with Gasteiger partial charge in [0.15, 0.2) is 0 Å². The van der Waals surface area contributed by atoms with Crippen LogP contribution in [0.3, 0.4) is 0 Å². The van der Waals surface area contributed by atoms with Crippen molar-refractivity contribution in [3.05, 3.63) is 69.5 Å². The predicted octanol–water partition coefficient (Wildman–Crippen LogP) is 4.49. The van der Waals surface area contributed by atoms with Crippen molar-refractivity contribution in [2.75, 3.05) is 6.54 Å². The molecule has 0 saturated heterocycles. The Balaban J connectivity index is 2.14. The van der Waals surface area contributed by atoms with Gasteiger partial charge in [0.25, 0.3) is 0 Å². The lowest BCUT2D eigenvalue weighted by Crippen LogP contribution is -2.20. The van der Waals surface area contributed by atoms with E-state index in [9.17, 15) is 4.39 Å². The second kappa shape index (κ2) is 7.07. The van der Waals surface area contributed by atoms with Crippen LogP contribution >= 0.6 is 23.2 Å². The van der Waals surface area contributed by atoms with E-state index in [1.54, 1.807) is 18.2 Å². The zero-order chi connectivity index (χ0) is 14.5. The Morgan fingerprint density at radius 3 is 2.20 bits per heavy atom. The van der Waals surface area contributed by atoms with E-state index in [1.807, 2.05) is 24.3 Å². The standard InChI is InChI=1S/C16H16Cl2FN/c17-14-6-2-1-4-12(14)8-11(10-20)9-13-5-3-7-15(18)16(13)19/h1-7,11H,8-10,20H2. The van der Waals surface area contributed by atoms with Gasteiger partial charge in [0.2, 0.25) is 0 Å². The van der Waals surface area contributed by atoms with Gasteiger partial charge in [0.05, 0.1) is 5.02 Å². The van der Waals surface area contributed by atoms with Crippen LogP contribution in [-0.4, -0.2) is 6.54 Å². The average molecular weight is 312 g/mol. The summed E-state index contributed by atoms with van der Waals surface area (Å²) in [5.41, 5.74) is 7.44. The van der Waals surface area contributed by atoms with E-state index in [1.165, 1.54) is 0 Å². The summed E-state index contributed by atoms with van der Waals surface area (Å²) in [7, 11) is 0. The van der Waals surface area contributed by atoms with Crippen molar-refractivity contribution in [2.45, 2.75) is 12.8 Å². The van der Waals surface area contributed by atoms with Crippen LogP contribution in [0.15, 0.2) is 42.5 Å². The predicted molar refractivity (Wildman–Crippen MR) is 82.8 cm³/mol. The van der Waals surface area contributed by atoms with E-state index in [0.717, 1.165) is 17.0 Å². The number of hydrogen-bond donors (Lipinski definition) is 1. The van der Waals surface area contributed by atoms with E-state index >= 15 is 0 Å². The maximum atomic E-state index is 13.9. The Hall–Kier alpha value is -1.09. The maximum Gasteiger partial charge on any atom is 0.144 e. The Morgan fingerprint density at radius 2 is 1.50 bits per heavy atom. The molecule has 20 heavy (non-hydrogen) atoms. The Bertz CT molecular complexity index is 586. The lowest BCUT2D eigenvalue weighted by molar-refractivity contribution is 0.512. The molecule has 2 rings (SSSR count). The van der Waals surface area contributed by atoms with Gasteiger partial charge in [0, 0.05) is 5.02 Å². The van der Waals surface area contributed by atoms with Crippen LogP contribution in [0.4, 0.5) is 4.39 Å². The summed E-state index contributed by atoms with van der Waals surface area (Å²) in [5.74, 6) is -0.227. The highest BCUT2D eigenvalue weighted by atomic mass is 35.5. The van der Waals surface area contributed by atoms with Crippen LogP contribution in [0, 0.1) is 11.7 Å². The monoisotopic (exact) mass is 311 g/mol. The number of rotatable bonds is 5. The van der Waals surface area contributed by atoms with Gasteiger partial charge in [-0.3, -0.25) is 0 Å². The van der Waals surface area contributed by atoms with Crippen LogP contribution in [0.2, 0.25) is 10.0 Å². The van der Waals surface area contributed by atoms with Gasteiger partial charge in [-0.15, -0.1) is 0 Å². The Labute approximate surface area is 128 Å². The summed E-state index contributed by atoms with van der Waals surface area (Å²) in [6.07, 6.45) is 1.27. The van der Waals surface area contributed by atoms with Crippen molar-refractivity contribution in [3.8, 4) is 0 Å². The van der Waals surface area contributed by atoms with Gasteiger partial charge < -0.3 is 5.73 Å². The van der Waals surface area contributed by atoms with Gasteiger partial charge in [-0.25, -0.2) is 4.39 Å². The molecule has 0 amide bonds. The minimum absolute atomic E-state index is 0.128. The molecule has 2 N–H and O–H groups in total. The van der Waals surface area contributed by atoms with Crippen molar-refractivity contribution in [1.29, 1.82) is 0 Å². The van der Waals surface area contributed by atoms with Crippen molar-refractivity contribution in [2.24, 2.45) is 11.7 Å². The van der Waals surface area contributed by atoms with Gasteiger partial charge in [-0.05, 0) is 48.6 Å². The third-order valence-electron chi connectivity index (χ3n) is 3.34. The highest BCUT2D eigenvalue weighted by molar-refractivity contribution is 6.31. The number of nitrogens with two attached hydrogens (primary N) is 1. The van der Waals surface area contributed by atoms with Gasteiger partial charge in [-0.2, -0.15) is 0 Å². The van der Waals surface area contributed by atoms with Gasteiger partial charge in [-0.1, -0.05) is 53.5 Å². The van der Waals surface area contributed by atoms with Crippen molar-refractivity contribution < 1.29 is 4.39 Å². The molecule has 0 saturated carbocycles. The molecule has 0 spiro atoms. The summed E-state index contributed by atoms with van der Waals surface area (Å²) in [6, 6.07) is 12.7. The zero-order valence-electron chi connectivity index (χ0n) is 11.0. The van der Waals surface area contributed by atoms with E-state index in [0.29, 0.717) is 18.5 Å². The molecule has 1 atom stereocenters. The second-order valence-corrected chi connectivity index (χ2v) is 5.63. The maximum absolute atomic E-state index is 13.9. The van der Waals surface area contributed by atoms with Crippen LogP contribution < -0.4 is 5.73 Å². The molecule has 1 unspecified atom stereocenters. The minimum atomic E-state index is -0.355. The molecule has 0 aliphatic heterocycles. The average Bonchev–Trinajstić information content (AvgIpc) is 2.45. The SMILES string of the molecule is NCC(Cc1ccccc1Cl)Cc1cccc(Cl)c1F. The summed E-state index contributed by atoms with van der Waals surface area (Å²) in [4.78, 5) is 0. The molecule has 1 nitrogen and oxygen atoms in total. The second-order valence-electron chi connectivity index (χ2n) is 4.81. The molecule has 0 aliphatic rings. The van der Waals surface area contributed by atoms with Crippen LogP contribution in [0.1, 0.15) is 11.1 Å². The first-order valence-electron chi connectivity index (χ1n) is 6.48. The fourth-order valence-electron chi connectivity index (χ4n) is 2.23. The fourth-order valence-corrected chi connectivity index (χ4v) is 2.64. The minimum Gasteiger partial charge on any atom is -0.330 e. The van der Waals surface area contributed by atoms with E-state index < -0.39 is 0 Å².